The van der Waals surface area contributed by atoms with E-state index < -0.39 is 17.8 Å². The molecule has 0 bridgehead atoms. The molecule has 7 heteroatoms. The summed E-state index contributed by atoms with van der Waals surface area (Å²) in [6.07, 6.45) is -0.394. The van der Waals surface area contributed by atoms with Gasteiger partial charge in [-0.2, -0.15) is 0 Å². The zero-order valence-corrected chi connectivity index (χ0v) is 11.0. The second-order valence-corrected chi connectivity index (χ2v) is 3.39. The van der Waals surface area contributed by atoms with Gasteiger partial charge >= 0.3 is 11.4 Å². The molecule has 0 aliphatic rings. The third-order valence-corrected chi connectivity index (χ3v) is 1.66. The van der Waals surface area contributed by atoms with Gasteiger partial charge in [-0.1, -0.05) is 18.2 Å². The summed E-state index contributed by atoms with van der Waals surface area (Å²) in [6, 6.07) is 8.65. The third-order valence-electron chi connectivity index (χ3n) is 1.55. The molecule has 0 radical (unpaired) electrons. The first-order valence-corrected chi connectivity index (χ1v) is 5.67. The van der Waals surface area contributed by atoms with E-state index in [2.05, 4.69) is 4.74 Å². The quantitative estimate of drug-likeness (QED) is 0.504. The Morgan fingerprint density at radius 3 is 2.26 bits per heavy atom. The Balaban J connectivity index is 0.000000459. The molecular weight excluding hydrogens is 274 g/mol. The molecule has 0 saturated heterocycles. The average Bonchev–Trinajstić information content (AvgIpc) is 2.29. The highest BCUT2D eigenvalue weighted by molar-refractivity contribution is 6.61. The van der Waals surface area contributed by atoms with Crippen molar-refractivity contribution in [1.29, 1.82) is 5.41 Å². The number of carbonyl (C=O) groups is 2. The van der Waals surface area contributed by atoms with Crippen molar-refractivity contribution in [2.75, 3.05) is 6.61 Å². The Morgan fingerprint density at radius 1 is 1.32 bits per heavy atom. The van der Waals surface area contributed by atoms with Gasteiger partial charge in [-0.15, -0.1) is 0 Å². The molecule has 1 aromatic rings. The van der Waals surface area contributed by atoms with Crippen LogP contribution in [0.3, 0.4) is 0 Å². The maximum absolute atomic E-state index is 10.2. The molecular formula is C12H14ClNO5. The summed E-state index contributed by atoms with van der Waals surface area (Å²) >= 11 is 4.72. The molecule has 104 valence electrons. The molecule has 0 fully saturated rings. The van der Waals surface area contributed by atoms with Gasteiger partial charge in [-0.25, -0.2) is 4.79 Å². The number of rotatable bonds is 4. The van der Waals surface area contributed by atoms with Gasteiger partial charge in [0, 0.05) is 11.6 Å². The maximum atomic E-state index is 10.2. The monoisotopic (exact) mass is 287 g/mol. The van der Waals surface area contributed by atoms with Crippen molar-refractivity contribution >= 4 is 28.9 Å². The van der Waals surface area contributed by atoms with Crippen molar-refractivity contribution < 1.29 is 24.2 Å². The fourth-order valence-electron chi connectivity index (χ4n) is 0.918. The highest BCUT2D eigenvalue weighted by atomic mass is 35.5. The molecule has 0 saturated carbocycles. The molecule has 0 heterocycles. The van der Waals surface area contributed by atoms with E-state index in [1.165, 1.54) is 0 Å². The summed E-state index contributed by atoms with van der Waals surface area (Å²) in [7, 11) is 0. The number of halogens is 1. The minimum Gasteiger partial charge on any atom is -0.481 e. The zero-order chi connectivity index (χ0) is 14.7. The summed E-state index contributed by atoms with van der Waals surface area (Å²) in [5.74, 6) is -0.853. The SMILES string of the molecule is CCOC(=O)Cl.N=C(CC(=O)O)Oc1ccccc1. The number of hydrogen-bond acceptors (Lipinski definition) is 5. The van der Waals surface area contributed by atoms with Gasteiger partial charge in [-0.05, 0) is 19.1 Å². The fourth-order valence-corrected chi connectivity index (χ4v) is 1.03. The molecule has 0 aliphatic carbocycles. The summed E-state index contributed by atoms with van der Waals surface area (Å²) in [4.78, 5) is 19.8. The Labute approximate surface area is 115 Å². The summed E-state index contributed by atoms with van der Waals surface area (Å²) in [5.41, 5.74) is -0.738. The first-order chi connectivity index (χ1) is 8.95. The highest BCUT2D eigenvalue weighted by Crippen LogP contribution is 2.08. The van der Waals surface area contributed by atoms with Crippen molar-refractivity contribution in [1.82, 2.24) is 0 Å². The van der Waals surface area contributed by atoms with E-state index in [1.54, 1.807) is 31.2 Å². The van der Waals surface area contributed by atoms with Gasteiger partial charge in [0.1, 0.15) is 12.2 Å². The number of hydrogen-bond donors (Lipinski definition) is 2. The van der Waals surface area contributed by atoms with Gasteiger partial charge in [0.05, 0.1) is 6.61 Å². The lowest BCUT2D eigenvalue weighted by Gasteiger charge is -2.03. The largest absolute Gasteiger partial charge is 0.481 e. The number of aliphatic carboxylic acids is 1. The standard InChI is InChI=1S/C9H9NO3.C3H5ClO2/c10-8(6-9(11)12)13-7-4-2-1-3-5-7;1-2-6-3(4)5/h1-5,10H,6H2,(H,11,12);2H2,1H3. The molecule has 0 atom stereocenters. The topological polar surface area (TPSA) is 96.7 Å². The molecule has 0 aliphatic heterocycles. The van der Waals surface area contributed by atoms with E-state index in [-0.39, 0.29) is 5.90 Å². The third kappa shape index (κ3) is 10.8. The van der Waals surface area contributed by atoms with Crippen LogP contribution in [0.5, 0.6) is 5.75 Å². The predicted molar refractivity (Wildman–Crippen MR) is 69.9 cm³/mol. The number of ether oxygens (including phenoxy) is 2. The van der Waals surface area contributed by atoms with Crippen LogP contribution in [-0.2, 0) is 9.53 Å². The molecule has 2 N–H and O–H groups in total. The summed E-state index contributed by atoms with van der Waals surface area (Å²) in [6.45, 7) is 2.04. The van der Waals surface area contributed by atoms with Crippen molar-refractivity contribution in [2.24, 2.45) is 0 Å². The number of carboxylic acids is 1. The van der Waals surface area contributed by atoms with Crippen LogP contribution < -0.4 is 4.74 Å². The number of carbonyl (C=O) groups excluding carboxylic acids is 1. The van der Waals surface area contributed by atoms with Crippen LogP contribution >= 0.6 is 11.6 Å². The average molecular weight is 288 g/mol. The highest BCUT2D eigenvalue weighted by Gasteiger charge is 2.05. The zero-order valence-electron chi connectivity index (χ0n) is 10.3. The van der Waals surface area contributed by atoms with E-state index in [4.69, 9.17) is 26.9 Å². The molecule has 0 aromatic heterocycles. The van der Waals surface area contributed by atoms with Crippen LogP contribution in [0.1, 0.15) is 13.3 Å². The van der Waals surface area contributed by atoms with Gasteiger partial charge in [0.15, 0.2) is 5.90 Å². The molecule has 1 rings (SSSR count). The van der Waals surface area contributed by atoms with Crippen LogP contribution in [0, 0.1) is 5.41 Å². The van der Waals surface area contributed by atoms with Crippen LogP contribution in [0.25, 0.3) is 0 Å². The minimum absolute atomic E-state index is 0.265. The first kappa shape index (κ1) is 16.9. The van der Waals surface area contributed by atoms with Crippen LogP contribution in [0.15, 0.2) is 30.3 Å². The second-order valence-electron chi connectivity index (χ2n) is 3.08. The van der Waals surface area contributed by atoms with E-state index in [1.807, 2.05) is 6.07 Å². The Bertz CT molecular complexity index is 421. The summed E-state index contributed by atoms with van der Waals surface area (Å²) in [5, 5.41) is 15.5. The lowest BCUT2D eigenvalue weighted by Crippen LogP contribution is -2.12. The van der Waals surface area contributed by atoms with Gasteiger partial charge in [0.25, 0.3) is 0 Å². The second kappa shape index (κ2) is 9.90. The number of nitrogens with one attached hydrogen (secondary N) is 1. The molecule has 19 heavy (non-hydrogen) atoms. The van der Waals surface area contributed by atoms with Gasteiger partial charge < -0.3 is 14.6 Å². The maximum Gasteiger partial charge on any atom is 0.403 e. The van der Waals surface area contributed by atoms with E-state index >= 15 is 0 Å². The molecule has 0 unspecified atom stereocenters. The fraction of sp³-hybridized carbons (Fsp3) is 0.250. The lowest BCUT2D eigenvalue weighted by molar-refractivity contribution is -0.135. The Morgan fingerprint density at radius 2 is 1.89 bits per heavy atom. The smallest absolute Gasteiger partial charge is 0.403 e. The van der Waals surface area contributed by atoms with E-state index in [9.17, 15) is 9.59 Å². The van der Waals surface area contributed by atoms with Crippen molar-refractivity contribution in [3.8, 4) is 5.75 Å². The lowest BCUT2D eigenvalue weighted by atomic mass is 10.3. The van der Waals surface area contributed by atoms with Crippen LogP contribution in [0.4, 0.5) is 4.79 Å². The van der Waals surface area contributed by atoms with Crippen molar-refractivity contribution in [3.63, 3.8) is 0 Å². The summed E-state index contributed by atoms with van der Waals surface area (Å²) < 4.78 is 9.10. The van der Waals surface area contributed by atoms with Crippen molar-refractivity contribution in [2.45, 2.75) is 13.3 Å². The Hall–Kier alpha value is -2.08. The van der Waals surface area contributed by atoms with Gasteiger partial charge in [0.2, 0.25) is 0 Å². The van der Waals surface area contributed by atoms with Crippen molar-refractivity contribution in [3.05, 3.63) is 30.3 Å². The number of carboxylic acid groups (broad SMARTS) is 1. The molecule has 0 amide bonds. The molecule has 0 spiro atoms. The van der Waals surface area contributed by atoms with E-state index in [0.29, 0.717) is 12.4 Å². The molecule has 1 aromatic carbocycles. The predicted octanol–water partition coefficient (Wildman–Crippen LogP) is 2.90. The molecule has 6 nitrogen and oxygen atoms in total. The number of benzene rings is 1. The first-order valence-electron chi connectivity index (χ1n) is 5.30. The van der Waals surface area contributed by atoms with Gasteiger partial charge in [-0.3, -0.25) is 10.2 Å². The normalized spacial score (nSPS) is 8.74. The number of para-hydroxylation sites is 1. The van der Waals surface area contributed by atoms with Crippen LogP contribution in [-0.4, -0.2) is 29.0 Å². The minimum atomic E-state index is -1.07. The van der Waals surface area contributed by atoms with Crippen LogP contribution in [0.2, 0.25) is 0 Å². The Kier molecular flexibility index (Phi) is 8.82. The van der Waals surface area contributed by atoms with E-state index in [0.717, 1.165) is 0 Å².